The van der Waals surface area contributed by atoms with Gasteiger partial charge in [0.2, 0.25) is 0 Å². The molecule has 3 aromatic carbocycles. The molecule has 1 unspecified atom stereocenters. The lowest BCUT2D eigenvalue weighted by Gasteiger charge is -2.26. The first-order chi connectivity index (χ1) is 20.6. The summed E-state index contributed by atoms with van der Waals surface area (Å²) in [7, 11) is 0. The molecule has 8 nitrogen and oxygen atoms in total. The molecule has 0 bridgehead atoms. The summed E-state index contributed by atoms with van der Waals surface area (Å²) in [6, 6.07) is 19.3. The van der Waals surface area contributed by atoms with Crippen molar-refractivity contribution in [2.45, 2.75) is 46.0 Å². The number of aromatic nitrogens is 3. The molecule has 1 aromatic heterocycles. The number of amidine groups is 1. The molecule has 4 aromatic rings. The highest BCUT2D eigenvalue weighted by molar-refractivity contribution is 8.14. The maximum Gasteiger partial charge on any atom is 0.573 e. The molecule has 5 rings (SSSR count). The number of nitrogens with zero attached hydrogens (tertiary/aromatic N) is 5. The average molecular weight is 609 g/mol. The van der Waals surface area contributed by atoms with E-state index < -0.39 is 6.36 Å². The highest BCUT2D eigenvalue weighted by Crippen LogP contribution is 2.33. The summed E-state index contributed by atoms with van der Waals surface area (Å²) in [6.45, 7) is 6.77. The third-order valence-corrected chi connectivity index (χ3v) is 8.10. The third-order valence-electron chi connectivity index (χ3n) is 6.91. The minimum absolute atomic E-state index is 0.237. The van der Waals surface area contributed by atoms with Crippen molar-refractivity contribution < 1.29 is 22.7 Å². The van der Waals surface area contributed by atoms with Crippen LogP contribution in [0.4, 0.5) is 23.7 Å². The first-order valence-corrected chi connectivity index (χ1v) is 14.8. The van der Waals surface area contributed by atoms with E-state index in [1.54, 1.807) is 11.8 Å². The van der Waals surface area contributed by atoms with Gasteiger partial charge < -0.3 is 15.0 Å². The highest BCUT2D eigenvalue weighted by Gasteiger charge is 2.31. The number of rotatable bonds is 8. The molecule has 0 spiro atoms. The van der Waals surface area contributed by atoms with Gasteiger partial charge in [-0.15, -0.1) is 18.3 Å². The number of hydrogen-bond donors (Lipinski definition) is 1. The van der Waals surface area contributed by atoms with Crippen LogP contribution in [0.5, 0.6) is 5.75 Å². The number of nitrogens with one attached hydrogen (secondary N) is 1. The molecule has 1 saturated heterocycles. The van der Waals surface area contributed by atoms with Gasteiger partial charge in [-0.25, -0.2) is 14.5 Å². The van der Waals surface area contributed by atoms with Crippen LogP contribution in [0.15, 0.2) is 78.0 Å². The number of amides is 2. The maximum atomic E-state index is 12.7. The molecule has 1 atom stereocenters. The minimum atomic E-state index is -4.75. The van der Waals surface area contributed by atoms with Gasteiger partial charge in [-0.2, -0.15) is 4.99 Å². The summed E-state index contributed by atoms with van der Waals surface area (Å²) in [5, 5.41) is 8.05. The molecule has 0 radical (unpaired) electrons. The zero-order chi connectivity index (χ0) is 30.6. The Balaban J connectivity index is 1.16. The first kappa shape index (κ1) is 30.1. The van der Waals surface area contributed by atoms with E-state index >= 15 is 0 Å². The molecule has 0 aliphatic carbocycles. The summed E-state index contributed by atoms with van der Waals surface area (Å²) >= 11 is 1.59. The average Bonchev–Trinajstić information content (AvgIpc) is 3.60. The Morgan fingerprint density at radius 1 is 1.12 bits per heavy atom. The molecular weight excluding hydrogens is 577 g/mol. The molecule has 1 aliphatic heterocycles. The molecular formula is C31H31F3N6O2S. The Bertz CT molecular complexity index is 1600. The zero-order valence-electron chi connectivity index (χ0n) is 23.9. The zero-order valence-corrected chi connectivity index (χ0v) is 24.7. The van der Waals surface area contributed by atoms with Gasteiger partial charge in [0, 0.05) is 29.6 Å². The Labute approximate surface area is 252 Å². The van der Waals surface area contributed by atoms with Crippen molar-refractivity contribution in [1.29, 1.82) is 0 Å². The van der Waals surface area contributed by atoms with Crippen LogP contribution in [0.1, 0.15) is 30.5 Å². The van der Waals surface area contributed by atoms with Crippen molar-refractivity contribution in [3.8, 4) is 22.8 Å². The SMILES string of the molecule is CCc1ccc(C)cc1N1C(=NC(=O)NCCc2ccc(-c3ncn(-c4ccc(OC(F)(F)F)cc4)n3)cc2)SCC1C. The lowest BCUT2D eigenvalue weighted by atomic mass is 10.1. The number of carbonyl (C=O) groups excluding carboxylic acids is 1. The number of carbonyl (C=O) groups is 1. The minimum Gasteiger partial charge on any atom is -0.406 e. The lowest BCUT2D eigenvalue weighted by Crippen LogP contribution is -2.34. The fraction of sp³-hybridized carbons (Fsp3) is 0.290. The number of aliphatic imine (C=N–C) groups is 1. The molecule has 2 amide bonds. The molecule has 43 heavy (non-hydrogen) atoms. The van der Waals surface area contributed by atoms with Gasteiger partial charge >= 0.3 is 12.4 Å². The first-order valence-electron chi connectivity index (χ1n) is 13.8. The smallest absolute Gasteiger partial charge is 0.406 e. The molecule has 0 saturated carbocycles. The van der Waals surface area contributed by atoms with Gasteiger partial charge in [0.15, 0.2) is 11.0 Å². The summed E-state index contributed by atoms with van der Waals surface area (Å²) in [4.78, 5) is 23.6. The normalized spacial score (nSPS) is 16.1. The van der Waals surface area contributed by atoms with Crippen molar-refractivity contribution in [3.63, 3.8) is 0 Å². The number of aryl methyl sites for hydroxylation is 2. The predicted octanol–water partition coefficient (Wildman–Crippen LogP) is 6.95. The second kappa shape index (κ2) is 12.9. The van der Waals surface area contributed by atoms with Crippen LogP contribution in [0.25, 0.3) is 17.1 Å². The second-order valence-corrected chi connectivity index (χ2v) is 11.1. The number of ether oxygens (including phenoxy) is 1. The second-order valence-electron chi connectivity index (χ2n) is 10.1. The summed E-state index contributed by atoms with van der Waals surface area (Å²) in [5.74, 6) is 1.03. The van der Waals surface area contributed by atoms with Gasteiger partial charge in [0.25, 0.3) is 0 Å². The fourth-order valence-electron chi connectivity index (χ4n) is 4.73. The van der Waals surface area contributed by atoms with Crippen LogP contribution in [0.3, 0.4) is 0 Å². The van der Waals surface area contributed by atoms with Crippen LogP contribution in [0.2, 0.25) is 0 Å². The largest absolute Gasteiger partial charge is 0.573 e. The standard InChI is InChI=1S/C31H31F3N6O2S/c1-4-23-8-5-20(2)17-27(23)40-21(3)18-43-30(40)37-29(41)35-16-15-22-6-9-24(10-7-22)28-36-19-39(38-28)25-11-13-26(14-12-25)42-31(32,33)34/h5-14,17,19,21H,4,15-16,18H2,1-3H3,(H,35,41). The van der Waals surface area contributed by atoms with Gasteiger partial charge in [-0.05, 0) is 73.7 Å². The Hall–Kier alpha value is -4.32. The number of hydrogen-bond acceptors (Lipinski definition) is 5. The molecule has 1 aliphatic rings. The molecule has 1 fully saturated rings. The summed E-state index contributed by atoms with van der Waals surface area (Å²) in [6.07, 6.45) is -1.73. The Morgan fingerprint density at radius 2 is 1.86 bits per heavy atom. The quantitative estimate of drug-likeness (QED) is 0.233. The number of alkyl halides is 3. The van der Waals surface area contributed by atoms with E-state index in [-0.39, 0.29) is 17.8 Å². The van der Waals surface area contributed by atoms with Crippen LogP contribution < -0.4 is 15.0 Å². The van der Waals surface area contributed by atoms with E-state index in [1.807, 2.05) is 24.3 Å². The van der Waals surface area contributed by atoms with Gasteiger partial charge in [-0.3, -0.25) is 0 Å². The topological polar surface area (TPSA) is 84.6 Å². The van der Waals surface area contributed by atoms with Gasteiger partial charge in [-0.1, -0.05) is 55.1 Å². The van der Waals surface area contributed by atoms with Crippen molar-refractivity contribution in [3.05, 3.63) is 89.7 Å². The van der Waals surface area contributed by atoms with Gasteiger partial charge in [0.05, 0.1) is 5.69 Å². The van der Waals surface area contributed by atoms with Crippen molar-refractivity contribution >= 4 is 28.6 Å². The lowest BCUT2D eigenvalue weighted by molar-refractivity contribution is -0.274. The molecule has 12 heteroatoms. The van der Waals surface area contributed by atoms with Crippen LogP contribution in [-0.2, 0) is 12.8 Å². The molecule has 1 N–H and O–H groups in total. The number of anilines is 1. The Kier molecular flexibility index (Phi) is 9.05. The van der Waals surface area contributed by atoms with Crippen molar-refractivity contribution in [1.82, 2.24) is 20.1 Å². The van der Waals surface area contributed by atoms with E-state index in [1.165, 1.54) is 46.4 Å². The Morgan fingerprint density at radius 3 is 2.56 bits per heavy atom. The fourth-order valence-corrected chi connectivity index (χ4v) is 5.84. The van der Waals surface area contributed by atoms with Gasteiger partial charge in [0.1, 0.15) is 12.1 Å². The third kappa shape index (κ3) is 7.56. The highest BCUT2D eigenvalue weighted by atomic mass is 32.2. The number of thioether (sulfide) groups is 1. The molecule has 2 heterocycles. The summed E-state index contributed by atoms with van der Waals surface area (Å²) in [5.41, 5.74) is 5.86. The van der Waals surface area contributed by atoms with E-state index in [0.717, 1.165) is 29.0 Å². The van der Waals surface area contributed by atoms with E-state index in [9.17, 15) is 18.0 Å². The van der Waals surface area contributed by atoms with E-state index in [2.05, 4.69) is 69.0 Å². The van der Waals surface area contributed by atoms with E-state index in [4.69, 9.17) is 0 Å². The van der Waals surface area contributed by atoms with E-state index in [0.29, 0.717) is 29.6 Å². The van der Waals surface area contributed by atoms with Crippen LogP contribution >= 0.6 is 11.8 Å². The maximum absolute atomic E-state index is 12.7. The molecule has 224 valence electrons. The number of benzene rings is 3. The number of urea groups is 1. The van der Waals surface area contributed by atoms with Crippen molar-refractivity contribution in [2.24, 2.45) is 4.99 Å². The monoisotopic (exact) mass is 608 g/mol. The predicted molar refractivity (Wildman–Crippen MR) is 163 cm³/mol. The van der Waals surface area contributed by atoms with Crippen LogP contribution in [0, 0.1) is 6.92 Å². The summed E-state index contributed by atoms with van der Waals surface area (Å²) < 4.78 is 42.6. The van der Waals surface area contributed by atoms with Crippen molar-refractivity contribution in [2.75, 3.05) is 17.2 Å². The van der Waals surface area contributed by atoms with Crippen LogP contribution in [-0.4, -0.2) is 50.7 Å². The number of halogens is 3.